The first kappa shape index (κ1) is 14.5. The number of hydrogen-bond donors (Lipinski definition) is 2. The summed E-state index contributed by atoms with van der Waals surface area (Å²) in [6, 6.07) is 9.99. The van der Waals surface area contributed by atoms with Gasteiger partial charge in [0.15, 0.2) is 5.13 Å². The lowest BCUT2D eigenvalue weighted by Gasteiger charge is -2.05. The Morgan fingerprint density at radius 1 is 1.35 bits per heavy atom. The fourth-order valence-corrected chi connectivity index (χ4v) is 2.17. The number of aromatic nitrogens is 1. The van der Waals surface area contributed by atoms with Crippen LogP contribution in [0.25, 0.3) is 0 Å². The predicted octanol–water partition coefficient (Wildman–Crippen LogP) is 2.06. The number of anilines is 1. The number of rotatable bonds is 7. The Kier molecular flexibility index (Phi) is 5.52. The summed E-state index contributed by atoms with van der Waals surface area (Å²) < 4.78 is 5.53. The maximum Gasteiger partial charge on any atom is 0.270 e. The van der Waals surface area contributed by atoms with Crippen LogP contribution in [0, 0.1) is 0 Å². The lowest BCUT2D eigenvalue weighted by Crippen LogP contribution is -2.25. The number of nitrogens with two attached hydrogens (primary N) is 1. The monoisotopic (exact) mass is 291 g/mol. The normalized spacial score (nSPS) is 10.4. The number of nitrogens with one attached hydrogen (secondary N) is 1. The van der Waals surface area contributed by atoms with Crippen molar-refractivity contribution in [1.29, 1.82) is 0 Å². The molecule has 1 aromatic carbocycles. The van der Waals surface area contributed by atoms with Gasteiger partial charge in [-0.3, -0.25) is 4.79 Å². The molecule has 1 amide bonds. The largest absolute Gasteiger partial charge is 0.377 e. The highest BCUT2D eigenvalue weighted by Crippen LogP contribution is 2.10. The predicted molar refractivity (Wildman–Crippen MR) is 79.6 cm³/mol. The first-order valence-corrected chi connectivity index (χ1v) is 7.24. The molecule has 0 saturated heterocycles. The molecule has 5 nitrogen and oxygen atoms in total. The van der Waals surface area contributed by atoms with Crippen molar-refractivity contribution in [2.45, 2.75) is 13.0 Å². The fourth-order valence-electron chi connectivity index (χ4n) is 1.62. The minimum atomic E-state index is -0.194. The maximum atomic E-state index is 11.6. The van der Waals surface area contributed by atoms with E-state index in [0.717, 1.165) is 12.0 Å². The van der Waals surface area contributed by atoms with Crippen molar-refractivity contribution in [3.63, 3.8) is 0 Å². The first-order valence-electron chi connectivity index (χ1n) is 6.36. The van der Waals surface area contributed by atoms with Gasteiger partial charge >= 0.3 is 0 Å². The second kappa shape index (κ2) is 7.62. The van der Waals surface area contributed by atoms with E-state index in [0.29, 0.717) is 30.6 Å². The van der Waals surface area contributed by atoms with E-state index in [-0.39, 0.29) is 5.91 Å². The summed E-state index contributed by atoms with van der Waals surface area (Å²) in [7, 11) is 0. The standard InChI is InChI=1S/C14H17N3O2S/c15-14-17-12(10-20-14)13(18)16-7-4-8-19-9-11-5-2-1-3-6-11/h1-3,5-6,10H,4,7-9H2,(H2,15,17)(H,16,18). The molecule has 0 aliphatic heterocycles. The molecule has 20 heavy (non-hydrogen) atoms. The lowest BCUT2D eigenvalue weighted by atomic mass is 10.2. The highest BCUT2D eigenvalue weighted by molar-refractivity contribution is 7.13. The van der Waals surface area contributed by atoms with Crippen LogP contribution < -0.4 is 11.1 Å². The average molecular weight is 291 g/mol. The van der Waals surface area contributed by atoms with Gasteiger partial charge < -0.3 is 15.8 Å². The van der Waals surface area contributed by atoms with Crippen LogP contribution in [0.1, 0.15) is 22.5 Å². The van der Waals surface area contributed by atoms with Crippen LogP contribution in [-0.4, -0.2) is 24.0 Å². The summed E-state index contributed by atoms with van der Waals surface area (Å²) >= 11 is 1.26. The summed E-state index contributed by atoms with van der Waals surface area (Å²) in [5.74, 6) is -0.194. The molecule has 0 saturated carbocycles. The van der Waals surface area contributed by atoms with Gasteiger partial charge in [0, 0.05) is 18.5 Å². The zero-order valence-corrected chi connectivity index (χ0v) is 11.9. The van der Waals surface area contributed by atoms with Crippen molar-refractivity contribution >= 4 is 22.4 Å². The Morgan fingerprint density at radius 3 is 2.85 bits per heavy atom. The average Bonchev–Trinajstić information content (AvgIpc) is 2.90. The third kappa shape index (κ3) is 4.64. The van der Waals surface area contributed by atoms with E-state index in [1.54, 1.807) is 5.38 Å². The molecule has 0 unspecified atom stereocenters. The zero-order valence-electron chi connectivity index (χ0n) is 11.0. The molecule has 106 valence electrons. The zero-order chi connectivity index (χ0) is 14.2. The third-order valence-corrected chi connectivity index (χ3v) is 3.29. The van der Waals surface area contributed by atoms with E-state index in [2.05, 4.69) is 10.3 Å². The summed E-state index contributed by atoms with van der Waals surface area (Å²) in [5, 5.41) is 4.83. The minimum Gasteiger partial charge on any atom is -0.377 e. The highest BCUT2D eigenvalue weighted by atomic mass is 32.1. The second-order valence-electron chi connectivity index (χ2n) is 4.22. The number of hydrogen-bond acceptors (Lipinski definition) is 5. The van der Waals surface area contributed by atoms with Gasteiger partial charge in [-0.15, -0.1) is 11.3 Å². The Hall–Kier alpha value is -1.92. The number of benzene rings is 1. The van der Waals surface area contributed by atoms with Crippen LogP contribution in [0.4, 0.5) is 5.13 Å². The molecule has 0 atom stereocenters. The van der Waals surface area contributed by atoms with Gasteiger partial charge in [0.2, 0.25) is 0 Å². The van der Waals surface area contributed by atoms with Gasteiger partial charge in [-0.2, -0.15) is 0 Å². The Morgan fingerprint density at radius 2 is 2.15 bits per heavy atom. The number of nitrogen functional groups attached to an aromatic ring is 1. The van der Waals surface area contributed by atoms with Crippen molar-refractivity contribution in [2.24, 2.45) is 0 Å². The molecule has 1 aromatic heterocycles. The minimum absolute atomic E-state index is 0.194. The first-order chi connectivity index (χ1) is 9.75. The molecule has 2 rings (SSSR count). The van der Waals surface area contributed by atoms with Crippen LogP contribution >= 0.6 is 11.3 Å². The van der Waals surface area contributed by atoms with Crippen molar-refractivity contribution in [3.05, 3.63) is 47.0 Å². The molecule has 0 spiro atoms. The van der Waals surface area contributed by atoms with Gasteiger partial charge in [-0.25, -0.2) is 4.98 Å². The molecule has 2 aromatic rings. The van der Waals surface area contributed by atoms with E-state index in [4.69, 9.17) is 10.5 Å². The number of carbonyl (C=O) groups excluding carboxylic acids is 1. The van der Waals surface area contributed by atoms with Crippen LogP contribution in [-0.2, 0) is 11.3 Å². The van der Waals surface area contributed by atoms with E-state index in [1.165, 1.54) is 11.3 Å². The Balaban J connectivity index is 1.57. The lowest BCUT2D eigenvalue weighted by molar-refractivity contribution is 0.0930. The molecular weight excluding hydrogens is 274 g/mol. The molecule has 0 bridgehead atoms. The van der Waals surface area contributed by atoms with E-state index < -0.39 is 0 Å². The number of thiazole rings is 1. The highest BCUT2D eigenvalue weighted by Gasteiger charge is 2.08. The summed E-state index contributed by atoms with van der Waals surface area (Å²) in [5.41, 5.74) is 6.99. The van der Waals surface area contributed by atoms with E-state index in [9.17, 15) is 4.79 Å². The SMILES string of the molecule is Nc1nc(C(=O)NCCCOCc2ccccc2)cs1. The number of carbonyl (C=O) groups is 1. The van der Waals surface area contributed by atoms with Crippen molar-refractivity contribution in [3.8, 4) is 0 Å². The summed E-state index contributed by atoms with van der Waals surface area (Å²) in [6.45, 7) is 1.76. The topological polar surface area (TPSA) is 77.2 Å². The van der Waals surface area contributed by atoms with Gasteiger partial charge in [-0.1, -0.05) is 30.3 Å². The Labute approximate surface area is 121 Å². The molecular formula is C14H17N3O2S. The van der Waals surface area contributed by atoms with Crippen LogP contribution in [0.5, 0.6) is 0 Å². The smallest absolute Gasteiger partial charge is 0.270 e. The molecule has 1 heterocycles. The van der Waals surface area contributed by atoms with Crippen LogP contribution in [0.3, 0.4) is 0 Å². The van der Waals surface area contributed by atoms with Crippen molar-refractivity contribution < 1.29 is 9.53 Å². The third-order valence-electron chi connectivity index (χ3n) is 2.62. The van der Waals surface area contributed by atoms with Gasteiger partial charge in [0.05, 0.1) is 6.61 Å². The number of amides is 1. The maximum absolute atomic E-state index is 11.6. The van der Waals surface area contributed by atoms with Crippen LogP contribution in [0.2, 0.25) is 0 Å². The molecule has 0 radical (unpaired) electrons. The van der Waals surface area contributed by atoms with Crippen molar-refractivity contribution in [2.75, 3.05) is 18.9 Å². The molecule has 0 aliphatic rings. The van der Waals surface area contributed by atoms with Gasteiger partial charge in [-0.05, 0) is 12.0 Å². The van der Waals surface area contributed by atoms with E-state index >= 15 is 0 Å². The molecule has 0 aliphatic carbocycles. The van der Waals surface area contributed by atoms with Crippen molar-refractivity contribution in [1.82, 2.24) is 10.3 Å². The summed E-state index contributed by atoms with van der Waals surface area (Å²) in [4.78, 5) is 15.6. The molecule has 0 fully saturated rings. The number of ether oxygens (including phenoxy) is 1. The number of nitrogens with zero attached hydrogens (tertiary/aromatic N) is 1. The molecule has 3 N–H and O–H groups in total. The summed E-state index contributed by atoms with van der Waals surface area (Å²) in [6.07, 6.45) is 0.762. The quantitative estimate of drug-likeness (QED) is 0.766. The van der Waals surface area contributed by atoms with Gasteiger partial charge in [0.1, 0.15) is 5.69 Å². The van der Waals surface area contributed by atoms with Gasteiger partial charge in [0.25, 0.3) is 5.91 Å². The molecule has 6 heteroatoms. The fraction of sp³-hybridized carbons (Fsp3) is 0.286. The Bertz CT molecular complexity index is 542. The second-order valence-corrected chi connectivity index (χ2v) is 5.11. The van der Waals surface area contributed by atoms with Crippen LogP contribution in [0.15, 0.2) is 35.7 Å². The van der Waals surface area contributed by atoms with E-state index in [1.807, 2.05) is 30.3 Å².